The Balaban J connectivity index is 2.11. The molecule has 14 heteroatoms. The Hall–Kier alpha value is -4.30. The average Bonchev–Trinajstić information content (AvgIpc) is 2.84. The molecule has 13 nitrogen and oxygen atoms in total. The van der Waals surface area contributed by atoms with E-state index in [1.165, 1.54) is 44.6 Å². The topological polar surface area (TPSA) is 176 Å². The van der Waals surface area contributed by atoms with Crippen LogP contribution in [0.25, 0.3) is 0 Å². The molecule has 3 rings (SSSR count). The van der Waals surface area contributed by atoms with Crippen LogP contribution >= 0.6 is 0 Å². The van der Waals surface area contributed by atoms with Gasteiger partial charge in [-0.3, -0.25) is 4.72 Å². The van der Waals surface area contributed by atoms with Gasteiger partial charge in [0.25, 0.3) is 15.9 Å². The van der Waals surface area contributed by atoms with E-state index in [4.69, 9.17) is 29.2 Å². The predicted molar refractivity (Wildman–Crippen MR) is 120 cm³/mol. The molecular weight excluding hydrogens is 486 g/mol. The molecule has 0 fully saturated rings. The van der Waals surface area contributed by atoms with Crippen molar-refractivity contribution < 1.29 is 47.1 Å². The molecule has 0 saturated carbocycles. The fraction of sp³-hybridized carbons (Fsp3) is 0.190. The fourth-order valence-electron chi connectivity index (χ4n) is 2.66. The number of hydrogen-bond donors (Lipinski definition) is 3. The minimum atomic E-state index is -4.26. The highest BCUT2D eigenvalue weighted by atomic mass is 32.2. The van der Waals surface area contributed by atoms with Crippen molar-refractivity contribution in [1.29, 1.82) is 0 Å². The van der Waals surface area contributed by atoms with Crippen molar-refractivity contribution in [2.45, 2.75) is 4.90 Å². The zero-order valence-electron chi connectivity index (χ0n) is 18.5. The van der Waals surface area contributed by atoms with E-state index < -0.39 is 34.6 Å². The van der Waals surface area contributed by atoms with Gasteiger partial charge in [-0.2, -0.15) is 9.97 Å². The zero-order chi connectivity index (χ0) is 25.4. The van der Waals surface area contributed by atoms with Crippen molar-refractivity contribution in [2.75, 3.05) is 32.2 Å². The van der Waals surface area contributed by atoms with Crippen molar-refractivity contribution in [2.24, 2.45) is 0 Å². The summed E-state index contributed by atoms with van der Waals surface area (Å²) in [5.41, 5.74) is 0. The third kappa shape index (κ3) is 6.61. The summed E-state index contributed by atoms with van der Waals surface area (Å²) < 4.78 is 54.1. The number of nitrogens with one attached hydrogen (secondary N) is 1. The number of anilines is 1. The van der Waals surface area contributed by atoms with Crippen LogP contribution in [0.4, 0.5) is 10.6 Å². The molecule has 0 atom stereocenters. The summed E-state index contributed by atoms with van der Waals surface area (Å²) in [4.78, 5) is 18.5. The third-order valence-corrected chi connectivity index (χ3v) is 5.54. The molecule has 0 unspecified atom stereocenters. The van der Waals surface area contributed by atoms with Gasteiger partial charge in [-0.1, -0.05) is 6.07 Å². The summed E-state index contributed by atoms with van der Waals surface area (Å²) in [6.07, 6.45) is -1.75. The highest BCUT2D eigenvalue weighted by Gasteiger charge is 2.25. The van der Waals surface area contributed by atoms with Gasteiger partial charge in [-0.25, -0.2) is 13.2 Å². The molecule has 0 aliphatic heterocycles. The van der Waals surface area contributed by atoms with Crippen LogP contribution in [0.15, 0.2) is 53.4 Å². The molecule has 3 N–H and O–H groups in total. The lowest BCUT2D eigenvalue weighted by Gasteiger charge is -2.17. The molecule has 3 aromatic rings. The lowest BCUT2D eigenvalue weighted by molar-refractivity contribution is 0.139. The summed E-state index contributed by atoms with van der Waals surface area (Å²) in [6.45, 7) is -0.701. The first-order valence-electron chi connectivity index (χ1n) is 9.81. The number of aromatic nitrogens is 2. The van der Waals surface area contributed by atoms with Gasteiger partial charge in [-0.15, -0.1) is 0 Å². The van der Waals surface area contributed by atoms with Gasteiger partial charge in [0, 0.05) is 6.07 Å². The van der Waals surface area contributed by atoms with Gasteiger partial charge < -0.3 is 33.9 Å². The standard InChI is InChI=1S/C21H21N3O10S/c1-30-13-6-8-16(9-7-13)35(28,29)24-18-17(33-15-5-3-4-14(12-15)31-2)19(32-11-10-25)23-20(22-18)34-21(26)27/h3-9,12,25H,10-11H2,1-2H3,(H,26,27)(H,22,23,24). The molecule has 0 spiro atoms. The van der Waals surface area contributed by atoms with Gasteiger partial charge in [0.1, 0.15) is 23.9 Å². The van der Waals surface area contributed by atoms with E-state index in [0.717, 1.165) is 0 Å². The maximum Gasteiger partial charge on any atom is 0.513 e. The highest BCUT2D eigenvalue weighted by molar-refractivity contribution is 7.92. The Labute approximate surface area is 199 Å². The number of nitrogens with zero attached hydrogens (tertiary/aromatic N) is 2. The molecule has 0 radical (unpaired) electrons. The Bertz CT molecular complexity index is 1280. The summed E-state index contributed by atoms with van der Waals surface area (Å²) in [5, 5.41) is 18.1. The molecule has 35 heavy (non-hydrogen) atoms. The summed E-state index contributed by atoms with van der Waals surface area (Å²) >= 11 is 0. The lowest BCUT2D eigenvalue weighted by atomic mass is 10.3. The predicted octanol–water partition coefficient (Wildman–Crippen LogP) is 2.51. The second-order valence-electron chi connectivity index (χ2n) is 6.49. The summed E-state index contributed by atoms with van der Waals surface area (Å²) in [5.74, 6) is -0.124. The Morgan fingerprint density at radius 2 is 1.69 bits per heavy atom. The number of carbonyl (C=O) groups is 1. The average molecular weight is 507 g/mol. The molecule has 0 aliphatic rings. The van der Waals surface area contributed by atoms with Gasteiger partial charge in [0.15, 0.2) is 5.82 Å². The minimum Gasteiger partial charge on any atom is -0.497 e. The van der Waals surface area contributed by atoms with E-state index in [-0.39, 0.29) is 28.9 Å². The largest absolute Gasteiger partial charge is 0.513 e. The van der Waals surface area contributed by atoms with Crippen molar-refractivity contribution in [1.82, 2.24) is 9.97 Å². The van der Waals surface area contributed by atoms with Gasteiger partial charge >= 0.3 is 12.2 Å². The molecule has 0 amide bonds. The molecule has 2 aromatic carbocycles. The van der Waals surface area contributed by atoms with Crippen LogP contribution in [0.2, 0.25) is 0 Å². The molecule has 0 aliphatic carbocycles. The molecule has 0 saturated heterocycles. The Morgan fingerprint density at radius 3 is 2.31 bits per heavy atom. The van der Waals surface area contributed by atoms with Crippen LogP contribution in [0.3, 0.4) is 0 Å². The van der Waals surface area contributed by atoms with E-state index in [1.54, 1.807) is 18.2 Å². The first-order valence-corrected chi connectivity index (χ1v) is 11.3. The number of hydrogen-bond acceptors (Lipinski definition) is 11. The Morgan fingerprint density at radius 1 is 1.00 bits per heavy atom. The van der Waals surface area contributed by atoms with Gasteiger partial charge in [0.05, 0.1) is 25.7 Å². The van der Waals surface area contributed by atoms with Crippen molar-refractivity contribution >= 4 is 22.0 Å². The maximum absolute atomic E-state index is 13.0. The Kier molecular flexibility index (Phi) is 8.12. The van der Waals surface area contributed by atoms with E-state index in [1.807, 2.05) is 0 Å². The van der Waals surface area contributed by atoms with Gasteiger partial charge in [-0.05, 0) is 36.4 Å². The molecule has 1 aromatic heterocycles. The normalized spacial score (nSPS) is 10.8. The highest BCUT2D eigenvalue weighted by Crippen LogP contribution is 2.39. The SMILES string of the molecule is COc1ccc(S(=O)(=O)Nc2nc(OC(=O)O)nc(OCCO)c2Oc2cccc(OC)c2)cc1. The van der Waals surface area contributed by atoms with Crippen molar-refractivity contribution in [3.8, 4) is 34.9 Å². The molecule has 186 valence electrons. The van der Waals surface area contributed by atoms with Gasteiger partial charge in [0.2, 0.25) is 5.75 Å². The number of methoxy groups -OCH3 is 2. The van der Waals surface area contributed by atoms with Crippen LogP contribution in [-0.4, -0.2) is 62.2 Å². The van der Waals surface area contributed by atoms with Crippen molar-refractivity contribution in [3.63, 3.8) is 0 Å². The van der Waals surface area contributed by atoms with Crippen LogP contribution in [0, 0.1) is 0 Å². The number of benzene rings is 2. The van der Waals surface area contributed by atoms with E-state index in [0.29, 0.717) is 11.5 Å². The second-order valence-corrected chi connectivity index (χ2v) is 8.17. The minimum absolute atomic E-state index is 0.150. The number of carboxylic acid groups (broad SMARTS) is 1. The number of ether oxygens (including phenoxy) is 5. The van der Waals surface area contributed by atoms with Crippen molar-refractivity contribution in [3.05, 3.63) is 48.5 Å². The fourth-order valence-corrected chi connectivity index (χ4v) is 3.66. The number of aliphatic hydroxyl groups excluding tert-OH is 1. The first-order chi connectivity index (χ1) is 16.7. The van der Waals surface area contributed by atoms with E-state index >= 15 is 0 Å². The third-order valence-electron chi connectivity index (χ3n) is 4.18. The monoisotopic (exact) mass is 507 g/mol. The van der Waals surface area contributed by atoms with Crippen LogP contribution in [0.5, 0.6) is 34.9 Å². The summed E-state index contributed by atoms with van der Waals surface area (Å²) in [7, 11) is -1.37. The van der Waals surface area contributed by atoms with Crippen LogP contribution < -0.4 is 28.4 Å². The lowest BCUT2D eigenvalue weighted by Crippen LogP contribution is -2.17. The smallest absolute Gasteiger partial charge is 0.497 e. The van der Waals surface area contributed by atoms with Crippen LogP contribution in [-0.2, 0) is 10.0 Å². The summed E-state index contributed by atoms with van der Waals surface area (Å²) in [6, 6.07) is 11.0. The molecule has 0 bridgehead atoms. The maximum atomic E-state index is 13.0. The zero-order valence-corrected chi connectivity index (χ0v) is 19.3. The molecule has 1 heterocycles. The number of aliphatic hydroxyl groups is 1. The van der Waals surface area contributed by atoms with Crippen LogP contribution in [0.1, 0.15) is 0 Å². The number of rotatable bonds is 11. The van der Waals surface area contributed by atoms with E-state index in [2.05, 4.69) is 19.4 Å². The quantitative estimate of drug-likeness (QED) is 0.324. The van der Waals surface area contributed by atoms with E-state index in [9.17, 15) is 13.2 Å². The number of sulfonamides is 1. The first kappa shape index (κ1) is 25.3. The molecular formula is C21H21N3O10S. The second kappa shape index (κ2) is 11.2.